The van der Waals surface area contributed by atoms with Crippen molar-refractivity contribution >= 4 is 11.8 Å². The summed E-state index contributed by atoms with van der Waals surface area (Å²) in [7, 11) is 1.62. The van der Waals surface area contributed by atoms with E-state index >= 15 is 0 Å². The highest BCUT2D eigenvalue weighted by Gasteiger charge is 2.28. The summed E-state index contributed by atoms with van der Waals surface area (Å²) in [5.74, 6) is 0.610. The van der Waals surface area contributed by atoms with E-state index < -0.39 is 6.04 Å². The first-order chi connectivity index (χ1) is 13.6. The lowest BCUT2D eigenvalue weighted by Crippen LogP contribution is -2.49. The molecule has 0 aliphatic carbocycles. The Morgan fingerprint density at radius 2 is 1.68 bits per heavy atom. The van der Waals surface area contributed by atoms with E-state index in [2.05, 4.69) is 5.32 Å². The van der Waals surface area contributed by atoms with Crippen LogP contribution in [0, 0.1) is 0 Å². The van der Waals surface area contributed by atoms with E-state index in [1.165, 1.54) is 0 Å². The van der Waals surface area contributed by atoms with Gasteiger partial charge in [-0.15, -0.1) is 0 Å². The summed E-state index contributed by atoms with van der Waals surface area (Å²) in [5.41, 5.74) is 1.90. The van der Waals surface area contributed by atoms with Gasteiger partial charge in [-0.1, -0.05) is 56.3 Å². The van der Waals surface area contributed by atoms with Crippen molar-refractivity contribution in [2.24, 2.45) is 0 Å². The van der Waals surface area contributed by atoms with E-state index in [0.29, 0.717) is 19.5 Å². The van der Waals surface area contributed by atoms with E-state index in [0.717, 1.165) is 23.3 Å². The Morgan fingerprint density at radius 1 is 1.00 bits per heavy atom. The third-order valence-electron chi connectivity index (χ3n) is 4.65. The number of methoxy groups -OCH3 is 1. The summed E-state index contributed by atoms with van der Waals surface area (Å²) < 4.78 is 5.21. The van der Waals surface area contributed by atoms with Crippen LogP contribution in [0.5, 0.6) is 5.75 Å². The van der Waals surface area contributed by atoms with Gasteiger partial charge in [-0.25, -0.2) is 0 Å². The number of rotatable bonds is 10. The fraction of sp³-hybridized carbons (Fsp3) is 0.391. The third kappa shape index (κ3) is 6.12. The molecule has 2 aromatic carbocycles. The van der Waals surface area contributed by atoms with Gasteiger partial charge in [0.25, 0.3) is 0 Å². The van der Waals surface area contributed by atoms with Gasteiger partial charge in [-0.05, 0) is 36.1 Å². The minimum absolute atomic E-state index is 0.0551. The predicted molar refractivity (Wildman–Crippen MR) is 111 cm³/mol. The number of amides is 2. The fourth-order valence-corrected chi connectivity index (χ4v) is 3.09. The Bertz CT molecular complexity index is 744. The number of benzene rings is 2. The molecule has 1 atom stereocenters. The number of hydrogen-bond acceptors (Lipinski definition) is 3. The third-order valence-corrected chi connectivity index (χ3v) is 4.65. The van der Waals surface area contributed by atoms with Crippen LogP contribution in [0.25, 0.3) is 0 Å². The van der Waals surface area contributed by atoms with Gasteiger partial charge in [0.15, 0.2) is 0 Å². The Balaban J connectivity index is 2.23. The zero-order chi connectivity index (χ0) is 20.4. The van der Waals surface area contributed by atoms with E-state index in [-0.39, 0.29) is 18.2 Å². The molecular formula is C23H30N2O3. The molecule has 0 heterocycles. The highest BCUT2D eigenvalue weighted by Crippen LogP contribution is 2.17. The predicted octanol–water partition coefficient (Wildman–Crippen LogP) is 3.57. The molecule has 0 aliphatic heterocycles. The van der Waals surface area contributed by atoms with Crippen LogP contribution < -0.4 is 10.1 Å². The Kier molecular flexibility index (Phi) is 8.53. The van der Waals surface area contributed by atoms with Gasteiger partial charge in [0.1, 0.15) is 11.8 Å². The van der Waals surface area contributed by atoms with Gasteiger partial charge in [0, 0.05) is 13.1 Å². The molecule has 2 aromatic rings. The molecule has 2 amide bonds. The van der Waals surface area contributed by atoms with Crippen molar-refractivity contribution in [1.29, 1.82) is 0 Å². The van der Waals surface area contributed by atoms with Gasteiger partial charge in [0.05, 0.1) is 13.5 Å². The first kappa shape index (κ1) is 21.5. The molecule has 2 rings (SSSR count). The standard InChI is InChI=1S/C23H30N2O3/c1-4-15-24-23(27)21(5-2)25(17-19-11-13-20(28-3)14-12-19)22(26)16-18-9-7-6-8-10-18/h6-14,21H,4-5,15-17H2,1-3H3,(H,24,27). The maximum Gasteiger partial charge on any atom is 0.242 e. The summed E-state index contributed by atoms with van der Waals surface area (Å²) in [5, 5.41) is 2.93. The maximum absolute atomic E-state index is 13.1. The molecule has 1 unspecified atom stereocenters. The molecule has 28 heavy (non-hydrogen) atoms. The average molecular weight is 383 g/mol. The van der Waals surface area contributed by atoms with Crippen LogP contribution in [0.4, 0.5) is 0 Å². The summed E-state index contributed by atoms with van der Waals surface area (Å²) in [6, 6.07) is 16.7. The van der Waals surface area contributed by atoms with E-state index in [1.807, 2.05) is 68.4 Å². The van der Waals surface area contributed by atoms with E-state index in [4.69, 9.17) is 4.74 Å². The van der Waals surface area contributed by atoms with Crippen LogP contribution in [0.2, 0.25) is 0 Å². The molecule has 0 aliphatic rings. The Hall–Kier alpha value is -2.82. The Labute approximate surface area is 167 Å². The number of nitrogens with one attached hydrogen (secondary N) is 1. The molecule has 0 saturated carbocycles. The lowest BCUT2D eigenvalue weighted by Gasteiger charge is -2.31. The van der Waals surface area contributed by atoms with Gasteiger partial charge < -0.3 is 15.0 Å². The SMILES string of the molecule is CCCNC(=O)C(CC)N(Cc1ccc(OC)cc1)C(=O)Cc1ccccc1. The minimum atomic E-state index is -0.495. The summed E-state index contributed by atoms with van der Waals surface area (Å²) in [6.07, 6.45) is 1.69. The second kappa shape index (κ2) is 11.1. The Morgan fingerprint density at radius 3 is 2.25 bits per heavy atom. The lowest BCUT2D eigenvalue weighted by atomic mass is 10.1. The van der Waals surface area contributed by atoms with Gasteiger partial charge >= 0.3 is 0 Å². The second-order valence-electron chi connectivity index (χ2n) is 6.75. The molecule has 0 saturated heterocycles. The van der Waals surface area contributed by atoms with Crippen molar-refractivity contribution in [2.45, 2.75) is 45.7 Å². The number of carbonyl (C=O) groups excluding carboxylic acids is 2. The van der Waals surface area contributed by atoms with Crippen LogP contribution in [-0.4, -0.2) is 36.4 Å². The molecule has 150 valence electrons. The van der Waals surface area contributed by atoms with Crippen molar-refractivity contribution in [3.63, 3.8) is 0 Å². The number of ether oxygens (including phenoxy) is 1. The van der Waals surface area contributed by atoms with Crippen LogP contribution in [0.1, 0.15) is 37.8 Å². The molecule has 5 nitrogen and oxygen atoms in total. The van der Waals surface area contributed by atoms with Crippen molar-refractivity contribution in [3.8, 4) is 5.75 Å². The zero-order valence-corrected chi connectivity index (χ0v) is 17.0. The highest BCUT2D eigenvalue weighted by atomic mass is 16.5. The molecule has 0 spiro atoms. The smallest absolute Gasteiger partial charge is 0.242 e. The molecule has 0 bridgehead atoms. The van der Waals surface area contributed by atoms with Crippen LogP contribution in [-0.2, 0) is 22.6 Å². The topological polar surface area (TPSA) is 58.6 Å². The molecule has 5 heteroatoms. The zero-order valence-electron chi connectivity index (χ0n) is 17.0. The van der Waals surface area contributed by atoms with Gasteiger partial charge in [0.2, 0.25) is 11.8 Å². The normalized spacial score (nSPS) is 11.5. The van der Waals surface area contributed by atoms with Crippen molar-refractivity contribution in [3.05, 3.63) is 65.7 Å². The van der Waals surface area contributed by atoms with Gasteiger partial charge in [-0.2, -0.15) is 0 Å². The fourth-order valence-electron chi connectivity index (χ4n) is 3.09. The average Bonchev–Trinajstić information content (AvgIpc) is 2.73. The summed E-state index contributed by atoms with van der Waals surface area (Å²) in [4.78, 5) is 27.5. The van der Waals surface area contributed by atoms with Crippen LogP contribution in [0.3, 0.4) is 0 Å². The van der Waals surface area contributed by atoms with E-state index in [9.17, 15) is 9.59 Å². The molecular weight excluding hydrogens is 352 g/mol. The molecule has 0 radical (unpaired) electrons. The van der Waals surface area contributed by atoms with Crippen LogP contribution in [0.15, 0.2) is 54.6 Å². The van der Waals surface area contributed by atoms with Gasteiger partial charge in [-0.3, -0.25) is 9.59 Å². The first-order valence-electron chi connectivity index (χ1n) is 9.83. The molecule has 0 fully saturated rings. The first-order valence-corrected chi connectivity index (χ1v) is 9.83. The van der Waals surface area contributed by atoms with Crippen molar-refractivity contribution in [1.82, 2.24) is 10.2 Å². The molecule has 1 N–H and O–H groups in total. The largest absolute Gasteiger partial charge is 0.497 e. The van der Waals surface area contributed by atoms with Crippen molar-refractivity contribution in [2.75, 3.05) is 13.7 Å². The highest BCUT2D eigenvalue weighted by molar-refractivity contribution is 5.88. The molecule has 0 aromatic heterocycles. The quantitative estimate of drug-likeness (QED) is 0.683. The maximum atomic E-state index is 13.1. The second-order valence-corrected chi connectivity index (χ2v) is 6.75. The summed E-state index contributed by atoms with van der Waals surface area (Å²) >= 11 is 0. The summed E-state index contributed by atoms with van der Waals surface area (Å²) in [6.45, 7) is 4.94. The minimum Gasteiger partial charge on any atom is -0.497 e. The number of hydrogen-bond donors (Lipinski definition) is 1. The van der Waals surface area contributed by atoms with Crippen molar-refractivity contribution < 1.29 is 14.3 Å². The lowest BCUT2D eigenvalue weighted by molar-refractivity contribution is -0.140. The van der Waals surface area contributed by atoms with Crippen LogP contribution >= 0.6 is 0 Å². The number of carbonyl (C=O) groups is 2. The van der Waals surface area contributed by atoms with E-state index in [1.54, 1.807) is 12.0 Å². The number of nitrogens with zero attached hydrogens (tertiary/aromatic N) is 1. The monoisotopic (exact) mass is 382 g/mol.